The van der Waals surface area contributed by atoms with E-state index in [2.05, 4.69) is 34.6 Å². The van der Waals surface area contributed by atoms with Crippen LogP contribution in [0, 0.1) is 5.92 Å². The molecule has 3 heterocycles. The van der Waals surface area contributed by atoms with Crippen molar-refractivity contribution in [2.45, 2.75) is 12.8 Å². The molecule has 4 rings (SSSR count). The fraction of sp³-hybridized carbons (Fsp3) is 0.333. The lowest BCUT2D eigenvalue weighted by Gasteiger charge is -2.14. The summed E-state index contributed by atoms with van der Waals surface area (Å²) in [7, 11) is 2.00. The third kappa shape index (κ3) is 2.80. The van der Waals surface area contributed by atoms with Crippen molar-refractivity contribution in [1.82, 2.24) is 19.9 Å². The largest absolute Gasteiger partial charge is 0.316 e. The fourth-order valence-corrected chi connectivity index (χ4v) is 3.20. The van der Waals surface area contributed by atoms with Gasteiger partial charge in [0.1, 0.15) is 0 Å². The fourth-order valence-electron chi connectivity index (χ4n) is 3.20. The third-order valence-corrected chi connectivity index (χ3v) is 4.53. The van der Waals surface area contributed by atoms with Crippen LogP contribution in [0.1, 0.15) is 12.1 Å². The van der Waals surface area contributed by atoms with E-state index in [1.165, 1.54) is 12.1 Å². The van der Waals surface area contributed by atoms with E-state index >= 15 is 0 Å². The van der Waals surface area contributed by atoms with E-state index < -0.39 is 0 Å². The zero-order chi connectivity index (χ0) is 15.6. The monoisotopic (exact) mass is 307 g/mol. The molecule has 1 N–H and O–H groups in total. The molecule has 1 saturated heterocycles. The normalized spacial score (nSPS) is 17.7. The van der Waals surface area contributed by atoms with Crippen LogP contribution in [0.2, 0.25) is 0 Å². The molecule has 1 atom stereocenters. The van der Waals surface area contributed by atoms with Gasteiger partial charge < -0.3 is 10.2 Å². The second kappa shape index (κ2) is 6.01. The zero-order valence-electron chi connectivity index (χ0n) is 13.3. The Balaban J connectivity index is 1.67. The average molecular weight is 307 g/mol. The number of nitrogens with zero attached hydrogens (tertiary/aromatic N) is 4. The van der Waals surface area contributed by atoms with Crippen molar-refractivity contribution in [2.24, 2.45) is 5.92 Å². The van der Waals surface area contributed by atoms with E-state index in [9.17, 15) is 0 Å². The average Bonchev–Trinajstić information content (AvgIpc) is 3.25. The standard InChI is InChI=1S/C18H21N5/c1-22(15-6-3-2-4-7-15)18-20-17-9-5-8-16(23(17)21-18)12-14-10-11-19-13-14/h2-9,14,19H,10-13H2,1H3. The zero-order valence-corrected chi connectivity index (χ0v) is 13.3. The van der Waals surface area contributed by atoms with E-state index in [-0.39, 0.29) is 0 Å². The molecule has 0 bridgehead atoms. The third-order valence-electron chi connectivity index (χ3n) is 4.53. The number of benzene rings is 1. The van der Waals surface area contributed by atoms with Crippen LogP contribution in [0.3, 0.4) is 0 Å². The molecule has 1 unspecified atom stereocenters. The lowest BCUT2D eigenvalue weighted by atomic mass is 10.0. The Morgan fingerprint density at radius 2 is 2.04 bits per heavy atom. The first-order valence-corrected chi connectivity index (χ1v) is 8.15. The molecule has 1 aliphatic heterocycles. The summed E-state index contributed by atoms with van der Waals surface area (Å²) < 4.78 is 1.99. The number of anilines is 2. The van der Waals surface area contributed by atoms with Gasteiger partial charge in [0.15, 0.2) is 5.65 Å². The Hall–Kier alpha value is -2.40. The van der Waals surface area contributed by atoms with Crippen LogP contribution >= 0.6 is 0 Å². The van der Waals surface area contributed by atoms with E-state index in [1.54, 1.807) is 0 Å². The number of hydrogen-bond acceptors (Lipinski definition) is 4. The van der Waals surface area contributed by atoms with Crippen molar-refractivity contribution in [3.05, 3.63) is 54.2 Å². The molecule has 0 spiro atoms. The van der Waals surface area contributed by atoms with Gasteiger partial charge in [-0.15, -0.1) is 5.10 Å². The smallest absolute Gasteiger partial charge is 0.249 e. The summed E-state index contributed by atoms with van der Waals surface area (Å²) in [6.07, 6.45) is 2.28. The number of pyridine rings is 1. The van der Waals surface area contributed by atoms with Crippen LogP contribution in [0.4, 0.5) is 11.6 Å². The Labute approximate surface area is 136 Å². The Morgan fingerprint density at radius 1 is 1.17 bits per heavy atom. The molecule has 118 valence electrons. The molecular weight excluding hydrogens is 286 g/mol. The maximum atomic E-state index is 4.74. The maximum Gasteiger partial charge on any atom is 0.249 e. The molecule has 5 heteroatoms. The van der Waals surface area contributed by atoms with Crippen molar-refractivity contribution < 1.29 is 0 Å². The second-order valence-electron chi connectivity index (χ2n) is 6.16. The van der Waals surface area contributed by atoms with Gasteiger partial charge >= 0.3 is 0 Å². The Morgan fingerprint density at radius 3 is 2.83 bits per heavy atom. The lowest BCUT2D eigenvalue weighted by molar-refractivity contribution is 0.562. The van der Waals surface area contributed by atoms with E-state index in [0.717, 1.165) is 36.8 Å². The van der Waals surface area contributed by atoms with Gasteiger partial charge in [0, 0.05) is 18.4 Å². The van der Waals surface area contributed by atoms with Gasteiger partial charge in [-0.2, -0.15) is 4.98 Å². The lowest BCUT2D eigenvalue weighted by Crippen LogP contribution is -2.13. The van der Waals surface area contributed by atoms with Gasteiger partial charge in [-0.05, 0) is 56.1 Å². The Bertz CT molecular complexity index is 790. The van der Waals surface area contributed by atoms with Crippen molar-refractivity contribution >= 4 is 17.3 Å². The molecule has 0 amide bonds. The molecule has 1 aliphatic rings. The van der Waals surface area contributed by atoms with Gasteiger partial charge in [-0.1, -0.05) is 24.3 Å². The first-order chi connectivity index (χ1) is 11.3. The highest BCUT2D eigenvalue weighted by Crippen LogP contribution is 2.22. The molecule has 0 saturated carbocycles. The molecule has 23 heavy (non-hydrogen) atoms. The van der Waals surface area contributed by atoms with E-state index in [1.807, 2.05) is 40.7 Å². The molecule has 3 aromatic rings. The van der Waals surface area contributed by atoms with Crippen molar-refractivity contribution in [1.29, 1.82) is 0 Å². The second-order valence-corrected chi connectivity index (χ2v) is 6.16. The molecule has 1 aromatic carbocycles. The summed E-state index contributed by atoms with van der Waals surface area (Å²) in [4.78, 5) is 6.71. The highest BCUT2D eigenvalue weighted by molar-refractivity contribution is 5.58. The minimum Gasteiger partial charge on any atom is -0.316 e. The maximum absolute atomic E-state index is 4.74. The van der Waals surface area contributed by atoms with Gasteiger partial charge in [0.2, 0.25) is 5.95 Å². The van der Waals surface area contributed by atoms with E-state index in [0.29, 0.717) is 5.92 Å². The molecule has 2 aromatic heterocycles. The van der Waals surface area contributed by atoms with Crippen molar-refractivity contribution in [2.75, 3.05) is 25.0 Å². The summed E-state index contributed by atoms with van der Waals surface area (Å²) in [6, 6.07) is 16.5. The summed E-state index contributed by atoms with van der Waals surface area (Å²) in [5, 5.41) is 8.17. The predicted octanol–water partition coefficient (Wildman–Crippen LogP) is 2.65. The molecule has 0 aliphatic carbocycles. The van der Waals surface area contributed by atoms with E-state index in [4.69, 9.17) is 5.10 Å². The van der Waals surface area contributed by atoms with Gasteiger partial charge in [0.25, 0.3) is 0 Å². The summed E-state index contributed by atoms with van der Waals surface area (Å²) in [6.45, 7) is 2.22. The first-order valence-electron chi connectivity index (χ1n) is 8.15. The minimum atomic E-state index is 0.695. The highest BCUT2D eigenvalue weighted by Gasteiger charge is 2.18. The van der Waals surface area contributed by atoms with Crippen LogP contribution in [0.15, 0.2) is 48.5 Å². The predicted molar refractivity (Wildman–Crippen MR) is 92.2 cm³/mol. The Kier molecular flexibility index (Phi) is 3.71. The number of hydrogen-bond donors (Lipinski definition) is 1. The number of para-hydroxylation sites is 1. The SMILES string of the molecule is CN(c1ccccc1)c1nc2cccc(CC3CCNC3)n2n1. The summed E-state index contributed by atoms with van der Waals surface area (Å²) >= 11 is 0. The van der Waals surface area contributed by atoms with Crippen LogP contribution in [0.25, 0.3) is 5.65 Å². The molecule has 1 fully saturated rings. The molecule has 0 radical (unpaired) electrons. The van der Waals surface area contributed by atoms with Crippen LogP contribution in [0.5, 0.6) is 0 Å². The topological polar surface area (TPSA) is 45.5 Å². The van der Waals surface area contributed by atoms with Crippen LogP contribution in [-0.2, 0) is 6.42 Å². The van der Waals surface area contributed by atoms with Crippen molar-refractivity contribution in [3.8, 4) is 0 Å². The number of aromatic nitrogens is 3. The summed E-state index contributed by atoms with van der Waals surface area (Å²) in [5.74, 6) is 1.42. The van der Waals surface area contributed by atoms with Gasteiger partial charge in [-0.25, -0.2) is 4.52 Å². The number of nitrogens with one attached hydrogen (secondary N) is 1. The first kappa shape index (κ1) is 14.2. The van der Waals surface area contributed by atoms with Crippen LogP contribution < -0.4 is 10.2 Å². The van der Waals surface area contributed by atoms with Gasteiger partial charge in [-0.3, -0.25) is 0 Å². The highest BCUT2D eigenvalue weighted by atomic mass is 15.4. The minimum absolute atomic E-state index is 0.695. The molecular formula is C18H21N5. The number of rotatable bonds is 4. The van der Waals surface area contributed by atoms with Gasteiger partial charge in [0.05, 0.1) is 0 Å². The molecule has 5 nitrogen and oxygen atoms in total. The number of fused-ring (bicyclic) bond motifs is 1. The van der Waals surface area contributed by atoms with Crippen molar-refractivity contribution in [3.63, 3.8) is 0 Å². The summed E-state index contributed by atoms with van der Waals surface area (Å²) in [5.41, 5.74) is 3.23. The quantitative estimate of drug-likeness (QED) is 0.805. The van der Waals surface area contributed by atoms with Crippen LogP contribution in [-0.4, -0.2) is 34.7 Å².